The number of hydrogen-bond donors (Lipinski definition) is 0. The summed E-state index contributed by atoms with van der Waals surface area (Å²) in [4.78, 5) is 10.5. The lowest BCUT2D eigenvalue weighted by Gasteiger charge is -2.22. The maximum Gasteiger partial charge on any atom is 0.276 e. The molecule has 5 nitrogen and oxygen atoms in total. The van der Waals surface area contributed by atoms with E-state index in [0.717, 1.165) is 0 Å². The Morgan fingerprint density at radius 3 is 2.53 bits per heavy atom. The second-order valence-electron chi connectivity index (χ2n) is 3.73. The van der Waals surface area contributed by atoms with Crippen LogP contribution >= 0.6 is 0 Å². The molecule has 0 radical (unpaired) electrons. The van der Waals surface area contributed by atoms with Gasteiger partial charge in [-0.05, 0) is 26.0 Å². The molecule has 0 aliphatic heterocycles. The molecule has 0 fully saturated rings. The molecule has 0 unspecified atom stereocenters. The van der Waals surface area contributed by atoms with E-state index in [9.17, 15) is 13.2 Å². The van der Waals surface area contributed by atoms with Crippen LogP contribution in [0.5, 0.6) is 0 Å². The molecule has 17 heavy (non-hydrogen) atoms. The zero-order chi connectivity index (χ0) is 13.1. The third-order valence-corrected chi connectivity index (χ3v) is 4.08. The zero-order valence-electron chi connectivity index (χ0n) is 9.79. The predicted molar refractivity (Wildman–Crippen MR) is 63.3 cm³/mol. The van der Waals surface area contributed by atoms with Crippen LogP contribution in [0.3, 0.4) is 0 Å². The smallest absolute Gasteiger partial charge is 0.276 e. The van der Waals surface area contributed by atoms with Crippen LogP contribution in [-0.4, -0.2) is 31.6 Å². The Hall–Kier alpha value is -1.40. The molecule has 94 valence electrons. The average Bonchev–Trinajstić information content (AvgIpc) is 2.74. The number of carbonyl (C=O) groups excluding carboxylic acids is 1. The van der Waals surface area contributed by atoms with Crippen molar-refractivity contribution >= 4 is 16.3 Å². The van der Waals surface area contributed by atoms with E-state index < -0.39 is 10.0 Å². The summed E-state index contributed by atoms with van der Waals surface area (Å²) in [5.74, 6) is -0.00844. The van der Waals surface area contributed by atoms with E-state index in [0.29, 0.717) is 6.29 Å². The normalized spacial score (nSPS) is 12.0. The fourth-order valence-corrected chi connectivity index (χ4v) is 2.90. The summed E-state index contributed by atoms with van der Waals surface area (Å²) in [6.07, 6.45) is 1.97. The van der Waals surface area contributed by atoms with Gasteiger partial charge in [0.1, 0.15) is 0 Å². The zero-order valence-corrected chi connectivity index (χ0v) is 10.6. The third kappa shape index (κ3) is 2.83. The molecule has 1 aromatic heterocycles. The molecule has 0 aliphatic carbocycles. The van der Waals surface area contributed by atoms with Crippen molar-refractivity contribution in [2.24, 2.45) is 0 Å². The van der Waals surface area contributed by atoms with Crippen molar-refractivity contribution in [2.45, 2.75) is 25.0 Å². The van der Waals surface area contributed by atoms with Crippen molar-refractivity contribution in [3.05, 3.63) is 30.5 Å². The highest BCUT2D eigenvalue weighted by Gasteiger charge is 2.28. The van der Waals surface area contributed by atoms with Gasteiger partial charge in [0.2, 0.25) is 5.09 Å². The summed E-state index contributed by atoms with van der Waals surface area (Å²) >= 11 is 0. The Labute approximate surface area is 101 Å². The summed E-state index contributed by atoms with van der Waals surface area (Å²) in [5, 5.41) is -0.227. The number of carbonyl (C=O) groups is 1. The molecule has 1 heterocycles. The van der Waals surface area contributed by atoms with Gasteiger partial charge in [0.05, 0.1) is 0 Å². The molecule has 0 N–H and O–H groups in total. The summed E-state index contributed by atoms with van der Waals surface area (Å²) in [6, 6.07) is 2.38. The molecule has 6 heteroatoms. The van der Waals surface area contributed by atoms with E-state index in [1.807, 2.05) is 0 Å². The number of sulfonamides is 1. The molecule has 0 amide bonds. The van der Waals surface area contributed by atoms with Crippen LogP contribution in [0.1, 0.15) is 24.4 Å². The highest BCUT2D eigenvalue weighted by molar-refractivity contribution is 7.89. The summed E-state index contributed by atoms with van der Waals surface area (Å²) in [5.41, 5.74) is 0. The molecule has 0 saturated heterocycles. The first-order valence-electron chi connectivity index (χ1n) is 5.11. The van der Waals surface area contributed by atoms with E-state index >= 15 is 0 Å². The predicted octanol–water partition coefficient (Wildman–Crippen LogP) is 1.68. The minimum atomic E-state index is -3.72. The molecule has 0 saturated carbocycles. The van der Waals surface area contributed by atoms with Gasteiger partial charge >= 0.3 is 0 Å². The lowest BCUT2D eigenvalue weighted by molar-refractivity contribution is 0.109. The van der Waals surface area contributed by atoms with E-state index in [4.69, 9.17) is 4.42 Å². The Morgan fingerprint density at radius 1 is 1.47 bits per heavy atom. The van der Waals surface area contributed by atoms with Crippen molar-refractivity contribution in [2.75, 3.05) is 6.54 Å². The van der Waals surface area contributed by atoms with Crippen LogP contribution in [0.25, 0.3) is 0 Å². The van der Waals surface area contributed by atoms with Crippen LogP contribution in [0.4, 0.5) is 0 Å². The minimum absolute atomic E-state index is 0.00844. The minimum Gasteiger partial charge on any atom is -0.440 e. The number of furan rings is 1. The van der Waals surface area contributed by atoms with E-state index in [-0.39, 0.29) is 23.4 Å². The van der Waals surface area contributed by atoms with Gasteiger partial charge in [-0.25, -0.2) is 8.42 Å². The second-order valence-corrected chi connectivity index (χ2v) is 5.55. The van der Waals surface area contributed by atoms with Gasteiger partial charge in [0.15, 0.2) is 12.0 Å². The summed E-state index contributed by atoms with van der Waals surface area (Å²) in [6.45, 7) is 7.22. The number of hydrogen-bond acceptors (Lipinski definition) is 4. The van der Waals surface area contributed by atoms with Gasteiger partial charge in [-0.1, -0.05) is 6.08 Å². The van der Waals surface area contributed by atoms with Gasteiger partial charge in [0.25, 0.3) is 10.0 Å². The van der Waals surface area contributed by atoms with Crippen molar-refractivity contribution in [1.82, 2.24) is 4.31 Å². The molecule has 1 aromatic rings. The molecular weight excluding hydrogens is 242 g/mol. The lowest BCUT2D eigenvalue weighted by Crippen LogP contribution is -2.36. The van der Waals surface area contributed by atoms with Crippen LogP contribution in [0.15, 0.2) is 34.3 Å². The molecular formula is C11H15NO4S. The fourth-order valence-electron chi connectivity index (χ4n) is 1.37. The SMILES string of the molecule is C=CCN(C(C)C)S(=O)(=O)c1ccc(C=O)o1. The van der Waals surface area contributed by atoms with Crippen molar-refractivity contribution < 1.29 is 17.6 Å². The lowest BCUT2D eigenvalue weighted by atomic mass is 10.4. The van der Waals surface area contributed by atoms with Crippen LogP contribution < -0.4 is 0 Å². The Balaban J connectivity index is 3.15. The topological polar surface area (TPSA) is 67.6 Å². The van der Waals surface area contributed by atoms with E-state index in [1.54, 1.807) is 13.8 Å². The standard InChI is InChI=1S/C11H15NO4S/c1-4-7-12(9(2)3)17(14,15)11-6-5-10(8-13)16-11/h4-6,8-9H,1,7H2,2-3H3. The number of aldehydes is 1. The Kier molecular flexibility index (Phi) is 4.25. The highest BCUT2D eigenvalue weighted by atomic mass is 32.2. The number of nitrogens with zero attached hydrogens (tertiary/aromatic N) is 1. The largest absolute Gasteiger partial charge is 0.440 e. The highest BCUT2D eigenvalue weighted by Crippen LogP contribution is 2.20. The first-order valence-corrected chi connectivity index (χ1v) is 6.55. The number of rotatable bonds is 6. The summed E-state index contributed by atoms with van der Waals surface area (Å²) < 4.78 is 30.5. The molecule has 0 bridgehead atoms. The van der Waals surface area contributed by atoms with Gasteiger partial charge in [0, 0.05) is 12.6 Å². The molecule has 0 spiro atoms. The second kappa shape index (κ2) is 5.29. The van der Waals surface area contributed by atoms with Gasteiger partial charge in [-0.15, -0.1) is 6.58 Å². The van der Waals surface area contributed by atoms with Crippen LogP contribution in [0.2, 0.25) is 0 Å². The monoisotopic (exact) mass is 257 g/mol. The van der Waals surface area contributed by atoms with Gasteiger partial charge in [-0.3, -0.25) is 4.79 Å². The average molecular weight is 257 g/mol. The third-order valence-electron chi connectivity index (χ3n) is 2.17. The Bertz CT molecular complexity index is 501. The van der Waals surface area contributed by atoms with Crippen LogP contribution in [0, 0.1) is 0 Å². The first kappa shape index (κ1) is 13.7. The quantitative estimate of drug-likeness (QED) is 0.574. The maximum absolute atomic E-state index is 12.2. The maximum atomic E-state index is 12.2. The van der Waals surface area contributed by atoms with Crippen molar-refractivity contribution in [3.8, 4) is 0 Å². The molecule has 0 aromatic carbocycles. The Morgan fingerprint density at radius 2 is 2.12 bits per heavy atom. The van der Waals surface area contributed by atoms with Crippen molar-refractivity contribution in [3.63, 3.8) is 0 Å². The molecule has 0 atom stereocenters. The van der Waals surface area contributed by atoms with E-state index in [1.165, 1.54) is 22.5 Å². The fraction of sp³-hybridized carbons (Fsp3) is 0.364. The molecule has 1 rings (SSSR count). The van der Waals surface area contributed by atoms with E-state index in [2.05, 4.69) is 6.58 Å². The molecule has 0 aliphatic rings. The van der Waals surface area contributed by atoms with Crippen molar-refractivity contribution in [1.29, 1.82) is 0 Å². The first-order chi connectivity index (χ1) is 7.93. The van der Waals surface area contributed by atoms with Crippen LogP contribution in [-0.2, 0) is 10.0 Å². The summed E-state index contributed by atoms with van der Waals surface area (Å²) in [7, 11) is -3.72. The van der Waals surface area contributed by atoms with Gasteiger partial charge < -0.3 is 4.42 Å². The van der Waals surface area contributed by atoms with Gasteiger partial charge in [-0.2, -0.15) is 4.31 Å².